The van der Waals surface area contributed by atoms with Crippen LogP contribution >= 0.6 is 34.0 Å². The Morgan fingerprint density at radius 3 is 2.64 bits per heavy atom. The maximum atomic E-state index is 12.4. The van der Waals surface area contributed by atoms with Crippen molar-refractivity contribution in [3.63, 3.8) is 0 Å². The standard InChI is InChI=1S/C19H12N4O2S3/c1-10-7-14(24)23(19(10)25)22-17-15-12(11-4-6-26-8-11)9-28-18(15)21-16(20-17)13-3-2-5-27-13/h2-9H,1H3,(H,20,21,22). The summed E-state index contributed by atoms with van der Waals surface area (Å²) in [5.41, 5.74) is 5.38. The average Bonchev–Trinajstić information content (AvgIpc) is 3.46. The van der Waals surface area contributed by atoms with Gasteiger partial charge < -0.3 is 0 Å². The van der Waals surface area contributed by atoms with Gasteiger partial charge in [-0.05, 0) is 40.8 Å². The fraction of sp³-hybridized carbons (Fsp3) is 0.0526. The van der Waals surface area contributed by atoms with Gasteiger partial charge in [-0.25, -0.2) is 9.97 Å². The molecule has 0 bridgehead atoms. The first-order valence-electron chi connectivity index (χ1n) is 8.31. The third-order valence-electron chi connectivity index (χ3n) is 4.33. The van der Waals surface area contributed by atoms with Gasteiger partial charge in [-0.1, -0.05) is 6.07 Å². The van der Waals surface area contributed by atoms with E-state index in [1.165, 1.54) is 28.7 Å². The number of hydrazine groups is 1. The molecule has 1 aliphatic heterocycles. The van der Waals surface area contributed by atoms with Crippen LogP contribution in [0.2, 0.25) is 0 Å². The smallest absolute Gasteiger partial charge is 0.271 e. The first-order valence-corrected chi connectivity index (χ1v) is 11.0. The summed E-state index contributed by atoms with van der Waals surface area (Å²) in [5.74, 6) is 0.231. The van der Waals surface area contributed by atoms with Crippen LogP contribution in [0.25, 0.3) is 32.0 Å². The minimum atomic E-state index is -0.403. The van der Waals surface area contributed by atoms with Crippen LogP contribution < -0.4 is 5.43 Å². The highest BCUT2D eigenvalue weighted by atomic mass is 32.1. The number of fused-ring (bicyclic) bond motifs is 1. The Morgan fingerprint density at radius 2 is 1.96 bits per heavy atom. The first-order chi connectivity index (χ1) is 13.6. The van der Waals surface area contributed by atoms with E-state index in [2.05, 4.69) is 15.8 Å². The minimum Gasteiger partial charge on any atom is -0.271 e. The average molecular weight is 425 g/mol. The fourth-order valence-electron chi connectivity index (χ4n) is 2.97. The highest BCUT2D eigenvalue weighted by molar-refractivity contribution is 7.17. The number of thiophene rings is 3. The van der Waals surface area contributed by atoms with E-state index >= 15 is 0 Å². The molecule has 0 saturated carbocycles. The Labute approximate surface area is 171 Å². The largest absolute Gasteiger partial charge is 0.275 e. The first kappa shape index (κ1) is 17.2. The molecular formula is C19H12N4O2S3. The van der Waals surface area contributed by atoms with Crippen molar-refractivity contribution in [2.24, 2.45) is 0 Å². The molecule has 138 valence electrons. The summed E-state index contributed by atoms with van der Waals surface area (Å²) < 4.78 is 0. The molecule has 4 aromatic rings. The predicted molar refractivity (Wildman–Crippen MR) is 113 cm³/mol. The monoisotopic (exact) mass is 424 g/mol. The van der Waals surface area contributed by atoms with E-state index in [1.807, 2.05) is 34.3 Å². The van der Waals surface area contributed by atoms with E-state index in [0.717, 1.165) is 31.2 Å². The molecule has 0 radical (unpaired) electrons. The SMILES string of the molecule is CC1=CC(=O)N(Nc2nc(-c3cccs3)nc3scc(-c4ccsc4)c23)C1=O. The van der Waals surface area contributed by atoms with Crippen molar-refractivity contribution in [3.05, 3.63) is 51.4 Å². The molecule has 5 rings (SSSR count). The zero-order valence-electron chi connectivity index (χ0n) is 14.5. The van der Waals surface area contributed by atoms with E-state index in [1.54, 1.807) is 18.3 Å². The van der Waals surface area contributed by atoms with E-state index in [0.29, 0.717) is 17.2 Å². The summed E-state index contributed by atoms with van der Waals surface area (Å²) >= 11 is 4.66. The molecule has 6 nitrogen and oxygen atoms in total. The van der Waals surface area contributed by atoms with E-state index in [-0.39, 0.29) is 5.91 Å². The third-order valence-corrected chi connectivity index (χ3v) is 6.75. The number of anilines is 1. The quantitative estimate of drug-likeness (QED) is 0.477. The van der Waals surface area contributed by atoms with Gasteiger partial charge in [-0.2, -0.15) is 16.3 Å². The van der Waals surface area contributed by atoms with Crippen LogP contribution in [-0.4, -0.2) is 26.8 Å². The Bertz CT molecular complexity index is 1240. The van der Waals surface area contributed by atoms with Crippen LogP contribution in [0.4, 0.5) is 5.82 Å². The number of hydrogen-bond donors (Lipinski definition) is 1. The lowest BCUT2D eigenvalue weighted by molar-refractivity contribution is -0.135. The van der Waals surface area contributed by atoms with Crippen LogP contribution in [-0.2, 0) is 9.59 Å². The van der Waals surface area contributed by atoms with Crippen LogP contribution in [0.15, 0.2) is 51.4 Å². The van der Waals surface area contributed by atoms with Gasteiger partial charge in [0.15, 0.2) is 11.6 Å². The summed E-state index contributed by atoms with van der Waals surface area (Å²) in [6.45, 7) is 1.62. The van der Waals surface area contributed by atoms with Crippen molar-refractivity contribution in [3.8, 4) is 21.8 Å². The van der Waals surface area contributed by atoms with Crippen molar-refractivity contribution in [2.75, 3.05) is 5.43 Å². The Balaban J connectivity index is 1.69. The van der Waals surface area contributed by atoms with Gasteiger partial charge in [0, 0.05) is 22.6 Å². The van der Waals surface area contributed by atoms with Gasteiger partial charge in [-0.3, -0.25) is 15.0 Å². The van der Waals surface area contributed by atoms with Crippen LogP contribution in [0.5, 0.6) is 0 Å². The van der Waals surface area contributed by atoms with Crippen LogP contribution in [0.1, 0.15) is 6.92 Å². The molecule has 0 saturated heterocycles. The number of nitrogens with zero attached hydrogens (tertiary/aromatic N) is 3. The molecular weight excluding hydrogens is 412 g/mol. The lowest BCUT2D eigenvalue weighted by Crippen LogP contribution is -2.36. The van der Waals surface area contributed by atoms with Gasteiger partial charge in [0.25, 0.3) is 11.8 Å². The fourth-order valence-corrected chi connectivity index (χ4v) is 5.23. The summed E-state index contributed by atoms with van der Waals surface area (Å²) in [7, 11) is 0. The molecule has 0 aromatic carbocycles. The second-order valence-corrected chi connectivity index (χ2v) is 8.72. The normalized spacial score (nSPS) is 14.2. The number of hydrogen-bond acceptors (Lipinski definition) is 8. The summed E-state index contributed by atoms with van der Waals surface area (Å²) in [6.07, 6.45) is 1.32. The summed E-state index contributed by atoms with van der Waals surface area (Å²) in [4.78, 5) is 35.7. The zero-order valence-corrected chi connectivity index (χ0v) is 17.0. The Kier molecular flexibility index (Phi) is 4.08. The van der Waals surface area contributed by atoms with Crippen LogP contribution in [0, 0.1) is 0 Å². The molecule has 1 aliphatic rings. The Hall–Kier alpha value is -2.88. The number of nitrogens with one attached hydrogen (secondary N) is 1. The number of amides is 2. The zero-order chi connectivity index (χ0) is 19.3. The highest BCUT2D eigenvalue weighted by Crippen LogP contribution is 2.39. The molecule has 4 aromatic heterocycles. The molecule has 0 spiro atoms. The van der Waals surface area contributed by atoms with E-state index < -0.39 is 5.91 Å². The van der Waals surface area contributed by atoms with Crippen molar-refractivity contribution < 1.29 is 9.59 Å². The molecule has 0 atom stereocenters. The number of rotatable bonds is 4. The van der Waals surface area contributed by atoms with E-state index in [4.69, 9.17) is 4.98 Å². The number of carbonyl (C=O) groups excluding carboxylic acids is 2. The van der Waals surface area contributed by atoms with Gasteiger partial charge in [-0.15, -0.1) is 22.7 Å². The maximum Gasteiger partial charge on any atom is 0.275 e. The molecule has 9 heteroatoms. The minimum absolute atomic E-state index is 0.373. The van der Waals surface area contributed by atoms with E-state index in [9.17, 15) is 9.59 Å². The number of imide groups is 1. The molecule has 28 heavy (non-hydrogen) atoms. The topological polar surface area (TPSA) is 75.2 Å². The van der Waals surface area contributed by atoms with Gasteiger partial charge in [0.1, 0.15) is 4.83 Å². The maximum absolute atomic E-state index is 12.4. The van der Waals surface area contributed by atoms with Crippen LogP contribution in [0.3, 0.4) is 0 Å². The second kappa shape index (κ2) is 6.62. The third kappa shape index (κ3) is 2.75. The predicted octanol–water partition coefficient (Wildman–Crippen LogP) is 4.79. The molecule has 5 heterocycles. The Morgan fingerprint density at radius 1 is 1.07 bits per heavy atom. The summed E-state index contributed by atoms with van der Waals surface area (Å²) in [6, 6.07) is 5.91. The highest BCUT2D eigenvalue weighted by Gasteiger charge is 2.30. The van der Waals surface area contributed by atoms with Crippen molar-refractivity contribution in [2.45, 2.75) is 6.92 Å². The van der Waals surface area contributed by atoms with Gasteiger partial charge in [0.05, 0.1) is 10.3 Å². The lowest BCUT2D eigenvalue weighted by atomic mass is 10.1. The second-order valence-electron chi connectivity index (χ2n) is 6.13. The van der Waals surface area contributed by atoms with Crippen molar-refractivity contribution >= 4 is 61.9 Å². The summed E-state index contributed by atoms with van der Waals surface area (Å²) in [5, 5.41) is 9.85. The molecule has 0 aliphatic carbocycles. The number of aromatic nitrogens is 2. The van der Waals surface area contributed by atoms with Crippen molar-refractivity contribution in [1.82, 2.24) is 15.0 Å². The van der Waals surface area contributed by atoms with Gasteiger partial charge in [0.2, 0.25) is 0 Å². The molecule has 1 N–H and O–H groups in total. The molecule has 2 amide bonds. The van der Waals surface area contributed by atoms with Gasteiger partial charge >= 0.3 is 0 Å². The van der Waals surface area contributed by atoms with Crippen molar-refractivity contribution in [1.29, 1.82) is 0 Å². The number of carbonyl (C=O) groups is 2. The molecule has 0 unspecified atom stereocenters. The molecule has 0 fully saturated rings. The lowest BCUT2D eigenvalue weighted by Gasteiger charge is -2.17.